The Morgan fingerprint density at radius 2 is 1.36 bits per heavy atom. The van der Waals surface area contributed by atoms with Crippen molar-refractivity contribution in [1.82, 2.24) is 0 Å². The van der Waals surface area contributed by atoms with Crippen LogP contribution < -0.4 is 0 Å². The zero-order chi connectivity index (χ0) is 10.7. The molecule has 0 heterocycles. The summed E-state index contributed by atoms with van der Waals surface area (Å²) in [5.41, 5.74) is -0.898. The smallest absolute Gasteiger partial charge is 0.133 e. The van der Waals surface area contributed by atoms with Crippen LogP contribution in [0.1, 0.15) is 52.4 Å². The van der Waals surface area contributed by atoms with E-state index in [1.807, 2.05) is 13.8 Å². The first-order chi connectivity index (χ1) is 6.58. The van der Waals surface area contributed by atoms with Crippen molar-refractivity contribution in [1.29, 1.82) is 0 Å². The van der Waals surface area contributed by atoms with Crippen LogP contribution in [0.2, 0.25) is 0 Å². The summed E-state index contributed by atoms with van der Waals surface area (Å²) in [6.07, 6.45) is 7.99. The molecule has 1 rings (SSSR count). The summed E-state index contributed by atoms with van der Waals surface area (Å²) in [4.78, 5) is 22.3. The van der Waals surface area contributed by atoms with Crippen molar-refractivity contribution < 1.29 is 9.59 Å². The number of carbonyl (C=O) groups excluding carboxylic acids is 2. The third-order valence-electron chi connectivity index (χ3n) is 3.82. The molecule has 0 atom stereocenters. The van der Waals surface area contributed by atoms with Gasteiger partial charge in [-0.2, -0.15) is 0 Å². The fourth-order valence-electron chi connectivity index (χ4n) is 2.37. The fourth-order valence-corrected chi connectivity index (χ4v) is 2.37. The lowest BCUT2D eigenvalue weighted by Gasteiger charge is -2.40. The van der Waals surface area contributed by atoms with E-state index >= 15 is 0 Å². The summed E-state index contributed by atoms with van der Waals surface area (Å²) < 4.78 is 0. The zero-order valence-corrected chi connectivity index (χ0v) is 9.21. The van der Waals surface area contributed by atoms with Crippen molar-refractivity contribution in [2.24, 2.45) is 10.8 Å². The Bertz CT molecular complexity index is 210. The van der Waals surface area contributed by atoms with E-state index in [-0.39, 0.29) is 5.41 Å². The molecule has 0 aliphatic heterocycles. The quantitative estimate of drug-likeness (QED) is 0.502. The van der Waals surface area contributed by atoms with Gasteiger partial charge in [0.1, 0.15) is 12.6 Å². The molecule has 0 radical (unpaired) electrons. The maximum Gasteiger partial charge on any atom is 0.133 e. The standard InChI is InChI=1S/C12H20O2/c1-11(2)7-5-3-4-6-8-12(11,9-13)10-14/h9-10H,3-8H2,1-2H3. The average molecular weight is 196 g/mol. The van der Waals surface area contributed by atoms with Gasteiger partial charge in [-0.25, -0.2) is 0 Å². The summed E-state index contributed by atoms with van der Waals surface area (Å²) in [5.74, 6) is 0. The van der Waals surface area contributed by atoms with Crippen molar-refractivity contribution in [3.05, 3.63) is 0 Å². The molecule has 0 aromatic carbocycles. The van der Waals surface area contributed by atoms with Gasteiger partial charge in [0, 0.05) is 0 Å². The van der Waals surface area contributed by atoms with Crippen LogP contribution in [0.5, 0.6) is 0 Å². The van der Waals surface area contributed by atoms with Gasteiger partial charge in [0.25, 0.3) is 0 Å². The van der Waals surface area contributed by atoms with Crippen LogP contribution in [0.15, 0.2) is 0 Å². The number of rotatable bonds is 2. The highest BCUT2D eigenvalue weighted by Gasteiger charge is 2.44. The molecule has 2 nitrogen and oxygen atoms in total. The Labute approximate surface area is 86.1 Å². The third-order valence-corrected chi connectivity index (χ3v) is 3.82. The molecular formula is C12H20O2. The molecular weight excluding hydrogens is 176 g/mol. The van der Waals surface area contributed by atoms with Gasteiger partial charge in [-0.05, 0) is 18.3 Å². The largest absolute Gasteiger partial charge is 0.302 e. The highest BCUT2D eigenvalue weighted by molar-refractivity contribution is 5.84. The van der Waals surface area contributed by atoms with Crippen LogP contribution in [0.4, 0.5) is 0 Å². The highest BCUT2D eigenvalue weighted by Crippen LogP contribution is 2.45. The van der Waals surface area contributed by atoms with Gasteiger partial charge in [0.05, 0.1) is 5.41 Å². The minimum absolute atomic E-state index is 0.170. The molecule has 14 heavy (non-hydrogen) atoms. The summed E-state index contributed by atoms with van der Waals surface area (Å²) in [6.45, 7) is 4.09. The van der Waals surface area contributed by atoms with E-state index in [2.05, 4.69) is 0 Å². The minimum Gasteiger partial charge on any atom is -0.302 e. The lowest BCUT2D eigenvalue weighted by molar-refractivity contribution is -0.135. The molecule has 80 valence electrons. The molecule has 0 amide bonds. The Morgan fingerprint density at radius 1 is 0.857 bits per heavy atom. The van der Waals surface area contributed by atoms with Gasteiger partial charge in [-0.1, -0.05) is 39.5 Å². The van der Waals surface area contributed by atoms with E-state index in [1.165, 1.54) is 6.42 Å². The van der Waals surface area contributed by atoms with E-state index in [1.54, 1.807) is 0 Å². The van der Waals surface area contributed by atoms with E-state index in [4.69, 9.17) is 0 Å². The van der Waals surface area contributed by atoms with Gasteiger partial charge in [0.15, 0.2) is 0 Å². The first-order valence-electron chi connectivity index (χ1n) is 5.51. The molecule has 0 spiro atoms. The number of hydrogen-bond donors (Lipinski definition) is 0. The van der Waals surface area contributed by atoms with Crippen molar-refractivity contribution in [2.75, 3.05) is 0 Å². The maximum atomic E-state index is 11.2. The fraction of sp³-hybridized carbons (Fsp3) is 0.833. The van der Waals surface area contributed by atoms with Crippen LogP contribution in [0.3, 0.4) is 0 Å². The number of hydrogen-bond acceptors (Lipinski definition) is 2. The molecule has 0 N–H and O–H groups in total. The van der Waals surface area contributed by atoms with Gasteiger partial charge in [-0.15, -0.1) is 0 Å². The molecule has 0 saturated heterocycles. The van der Waals surface area contributed by atoms with Gasteiger partial charge >= 0.3 is 0 Å². The van der Waals surface area contributed by atoms with Crippen LogP contribution in [0, 0.1) is 10.8 Å². The van der Waals surface area contributed by atoms with E-state index in [0.29, 0.717) is 0 Å². The van der Waals surface area contributed by atoms with Gasteiger partial charge < -0.3 is 9.59 Å². The molecule has 0 aromatic rings. The molecule has 0 bridgehead atoms. The van der Waals surface area contributed by atoms with Crippen molar-refractivity contribution in [2.45, 2.75) is 52.4 Å². The summed E-state index contributed by atoms with van der Waals surface area (Å²) in [7, 11) is 0. The Hall–Kier alpha value is -0.660. The average Bonchev–Trinajstić information content (AvgIpc) is 2.14. The summed E-state index contributed by atoms with van der Waals surface area (Å²) in [5, 5.41) is 0. The van der Waals surface area contributed by atoms with Crippen LogP contribution in [-0.4, -0.2) is 12.6 Å². The van der Waals surface area contributed by atoms with Gasteiger partial charge in [-0.3, -0.25) is 0 Å². The topological polar surface area (TPSA) is 34.1 Å². The maximum absolute atomic E-state index is 11.2. The van der Waals surface area contributed by atoms with Gasteiger partial charge in [0.2, 0.25) is 0 Å². The van der Waals surface area contributed by atoms with Crippen molar-refractivity contribution >= 4 is 12.6 Å². The molecule has 1 fully saturated rings. The van der Waals surface area contributed by atoms with Crippen molar-refractivity contribution in [3.8, 4) is 0 Å². The number of carbonyl (C=O) groups is 2. The zero-order valence-electron chi connectivity index (χ0n) is 9.21. The molecule has 1 aliphatic carbocycles. The second kappa shape index (κ2) is 4.24. The van der Waals surface area contributed by atoms with Crippen molar-refractivity contribution in [3.63, 3.8) is 0 Å². The number of aldehydes is 2. The molecule has 0 aromatic heterocycles. The Morgan fingerprint density at radius 3 is 1.86 bits per heavy atom. The summed E-state index contributed by atoms with van der Waals surface area (Å²) in [6, 6.07) is 0. The highest BCUT2D eigenvalue weighted by atomic mass is 16.1. The lowest BCUT2D eigenvalue weighted by Crippen LogP contribution is -2.41. The minimum atomic E-state index is -0.729. The van der Waals surface area contributed by atoms with E-state index in [0.717, 1.165) is 44.7 Å². The monoisotopic (exact) mass is 196 g/mol. The molecule has 1 saturated carbocycles. The first-order valence-corrected chi connectivity index (χ1v) is 5.51. The van der Waals surface area contributed by atoms with E-state index < -0.39 is 5.41 Å². The summed E-state index contributed by atoms with van der Waals surface area (Å²) >= 11 is 0. The normalized spacial score (nSPS) is 25.9. The lowest BCUT2D eigenvalue weighted by atomic mass is 9.61. The van der Waals surface area contributed by atoms with Crippen LogP contribution in [-0.2, 0) is 9.59 Å². The Kier molecular flexibility index (Phi) is 3.46. The van der Waals surface area contributed by atoms with Crippen LogP contribution >= 0.6 is 0 Å². The second-order valence-electron chi connectivity index (χ2n) is 5.07. The predicted octanol–water partition coefficient (Wildman–Crippen LogP) is 2.75. The van der Waals surface area contributed by atoms with E-state index in [9.17, 15) is 9.59 Å². The van der Waals surface area contributed by atoms with Crippen LogP contribution in [0.25, 0.3) is 0 Å². The second-order valence-corrected chi connectivity index (χ2v) is 5.07. The predicted molar refractivity (Wildman–Crippen MR) is 56.0 cm³/mol. The first kappa shape index (κ1) is 11.4. The third kappa shape index (κ3) is 1.89. The SMILES string of the molecule is CC1(C)CCCCCCC1(C=O)C=O. The Balaban J connectivity index is 2.93. The molecule has 0 unspecified atom stereocenters. The molecule has 1 aliphatic rings. The molecule has 2 heteroatoms.